The number of likely N-dealkylation sites (N-methyl/N-ethyl adjacent to an activating group) is 1. The summed E-state index contributed by atoms with van der Waals surface area (Å²) in [5.41, 5.74) is 2.82. The maximum Gasteiger partial charge on any atom is 0.195 e. The summed E-state index contributed by atoms with van der Waals surface area (Å²) in [4.78, 5) is 6.85. The second kappa shape index (κ2) is 7.18. The Bertz CT molecular complexity index is 882. The number of aryl methyl sites for hydroxylation is 1. The van der Waals surface area contributed by atoms with E-state index in [0.29, 0.717) is 12.2 Å². The van der Waals surface area contributed by atoms with E-state index in [1.165, 1.54) is 15.0 Å². The van der Waals surface area contributed by atoms with Crippen molar-refractivity contribution < 1.29 is 5.11 Å². The number of benzene rings is 1. The molecular formula is C19H18N2OS2. The van der Waals surface area contributed by atoms with Crippen LogP contribution in [0.2, 0.25) is 0 Å². The molecule has 3 aromatic rings. The summed E-state index contributed by atoms with van der Waals surface area (Å²) in [7, 11) is 1.99. The van der Waals surface area contributed by atoms with E-state index >= 15 is 0 Å². The monoisotopic (exact) mass is 354 g/mol. The number of rotatable bonds is 5. The van der Waals surface area contributed by atoms with Crippen molar-refractivity contribution in [3.8, 4) is 0 Å². The van der Waals surface area contributed by atoms with E-state index in [9.17, 15) is 0 Å². The molecule has 2 aromatic heterocycles. The number of hydrogen-bond donors (Lipinski definition) is 1. The number of aliphatic hydroxyl groups is 1. The highest BCUT2D eigenvalue weighted by atomic mass is 32.1. The van der Waals surface area contributed by atoms with E-state index in [1.807, 2.05) is 44.3 Å². The molecule has 0 aliphatic rings. The van der Waals surface area contributed by atoms with Crippen LogP contribution in [0.3, 0.4) is 0 Å². The van der Waals surface area contributed by atoms with Crippen molar-refractivity contribution in [3.05, 3.63) is 63.8 Å². The topological polar surface area (TPSA) is 27.8 Å². The normalized spacial score (nSPS) is 11.7. The van der Waals surface area contributed by atoms with E-state index in [-0.39, 0.29) is 6.61 Å². The van der Waals surface area contributed by atoms with E-state index in [1.54, 1.807) is 22.7 Å². The summed E-state index contributed by atoms with van der Waals surface area (Å²) < 4.78 is 2.44. The Morgan fingerprint density at radius 2 is 1.92 bits per heavy atom. The Kier molecular flexibility index (Phi) is 5.00. The van der Waals surface area contributed by atoms with Gasteiger partial charge in [0, 0.05) is 27.9 Å². The third-order valence-corrected chi connectivity index (χ3v) is 6.13. The lowest BCUT2D eigenvalue weighted by atomic mass is 10.1. The zero-order valence-corrected chi connectivity index (χ0v) is 15.2. The van der Waals surface area contributed by atoms with Gasteiger partial charge in [0.05, 0.1) is 18.2 Å². The second-order valence-electron chi connectivity index (χ2n) is 5.61. The fourth-order valence-corrected chi connectivity index (χ4v) is 4.73. The maximum atomic E-state index is 9.05. The van der Waals surface area contributed by atoms with Crippen LogP contribution in [0, 0.1) is 13.5 Å². The third-order valence-electron chi connectivity index (χ3n) is 3.77. The molecule has 1 N–H and O–H groups in total. The van der Waals surface area contributed by atoms with Crippen molar-refractivity contribution in [1.29, 1.82) is 0 Å². The highest BCUT2D eigenvalue weighted by Gasteiger charge is 2.10. The number of hydrogen-bond acceptors (Lipinski definition) is 4. The van der Waals surface area contributed by atoms with Crippen LogP contribution in [-0.4, -0.2) is 25.3 Å². The molecule has 24 heavy (non-hydrogen) atoms. The minimum absolute atomic E-state index is 0.154. The Hall–Kier alpha value is -2.13. The first kappa shape index (κ1) is 16.7. The molecular weight excluding hydrogens is 336 g/mol. The number of thiophene rings is 2. The third kappa shape index (κ3) is 3.51. The van der Waals surface area contributed by atoms with Gasteiger partial charge in [0.1, 0.15) is 0 Å². The van der Waals surface area contributed by atoms with Crippen molar-refractivity contribution in [3.63, 3.8) is 0 Å². The van der Waals surface area contributed by atoms with Gasteiger partial charge in [0.2, 0.25) is 0 Å². The van der Waals surface area contributed by atoms with Crippen LogP contribution in [0.25, 0.3) is 26.0 Å². The van der Waals surface area contributed by atoms with Gasteiger partial charge in [-0.25, -0.2) is 4.85 Å². The largest absolute Gasteiger partial charge is 0.395 e. The predicted molar refractivity (Wildman–Crippen MR) is 106 cm³/mol. The van der Waals surface area contributed by atoms with Crippen molar-refractivity contribution in [2.45, 2.75) is 6.92 Å². The summed E-state index contributed by atoms with van der Waals surface area (Å²) in [5.74, 6) is 0. The van der Waals surface area contributed by atoms with E-state index in [4.69, 9.17) is 11.7 Å². The zero-order valence-electron chi connectivity index (χ0n) is 13.6. The van der Waals surface area contributed by atoms with Gasteiger partial charge in [-0.15, -0.1) is 22.7 Å². The minimum atomic E-state index is 0.154. The quantitative estimate of drug-likeness (QED) is 0.644. The number of aliphatic hydroxyl groups excluding tert-OH is 1. The molecule has 3 rings (SSSR count). The van der Waals surface area contributed by atoms with Gasteiger partial charge in [0.25, 0.3) is 0 Å². The summed E-state index contributed by atoms with van der Waals surface area (Å²) in [5, 5.41) is 10.2. The van der Waals surface area contributed by atoms with Crippen molar-refractivity contribution in [2.24, 2.45) is 0 Å². The Balaban J connectivity index is 1.90. The molecule has 0 fully saturated rings. The second-order valence-corrected chi connectivity index (χ2v) is 7.79. The molecule has 2 heterocycles. The van der Waals surface area contributed by atoms with Crippen molar-refractivity contribution >= 4 is 48.8 Å². The van der Waals surface area contributed by atoms with Crippen LogP contribution in [0.5, 0.6) is 0 Å². The summed E-state index contributed by atoms with van der Waals surface area (Å²) in [6, 6.07) is 12.4. The molecule has 0 saturated heterocycles. The van der Waals surface area contributed by atoms with Crippen LogP contribution in [0.4, 0.5) is 5.00 Å². The standard InChI is InChI=1S/C19H18N2OS2/c1-13-4-6-14(7-5-13)16(20-2)10-15-11-17-18(23-15)12-19(24-17)21(3)8-9-22/h4-7,10-12,22H,8-9H2,1,3H3/b16-10-. The van der Waals surface area contributed by atoms with E-state index in [2.05, 4.69) is 21.9 Å². The first-order valence-electron chi connectivity index (χ1n) is 7.62. The number of fused-ring (bicyclic) bond motifs is 1. The van der Waals surface area contributed by atoms with Crippen LogP contribution in [0.15, 0.2) is 36.4 Å². The Labute approximate surface area is 149 Å². The smallest absolute Gasteiger partial charge is 0.195 e. The predicted octanol–water partition coefficient (Wildman–Crippen LogP) is 5.12. The van der Waals surface area contributed by atoms with Crippen molar-refractivity contribution in [1.82, 2.24) is 0 Å². The molecule has 0 saturated carbocycles. The van der Waals surface area contributed by atoms with Gasteiger partial charge >= 0.3 is 0 Å². The molecule has 0 radical (unpaired) electrons. The molecule has 1 aromatic carbocycles. The van der Waals surface area contributed by atoms with Gasteiger partial charge in [-0.05, 0) is 30.7 Å². The molecule has 3 nitrogen and oxygen atoms in total. The lowest BCUT2D eigenvalue weighted by Gasteiger charge is -2.14. The lowest BCUT2D eigenvalue weighted by molar-refractivity contribution is 0.304. The minimum Gasteiger partial charge on any atom is -0.395 e. The summed E-state index contributed by atoms with van der Waals surface area (Å²) >= 11 is 3.41. The highest BCUT2D eigenvalue weighted by Crippen LogP contribution is 2.38. The van der Waals surface area contributed by atoms with E-state index in [0.717, 1.165) is 15.4 Å². The van der Waals surface area contributed by atoms with Crippen LogP contribution in [-0.2, 0) is 0 Å². The van der Waals surface area contributed by atoms with Gasteiger partial charge < -0.3 is 10.0 Å². The van der Waals surface area contributed by atoms with Gasteiger partial charge in [-0.2, -0.15) is 0 Å². The maximum absolute atomic E-state index is 9.05. The molecule has 0 amide bonds. The average Bonchev–Trinajstić information content (AvgIpc) is 3.12. The highest BCUT2D eigenvalue weighted by molar-refractivity contribution is 7.30. The molecule has 5 heteroatoms. The van der Waals surface area contributed by atoms with Crippen LogP contribution < -0.4 is 4.90 Å². The Morgan fingerprint density at radius 1 is 1.21 bits per heavy atom. The van der Waals surface area contributed by atoms with Gasteiger partial charge in [-0.3, -0.25) is 0 Å². The molecule has 0 aliphatic heterocycles. The zero-order chi connectivity index (χ0) is 17.1. The summed E-state index contributed by atoms with van der Waals surface area (Å²) in [6.45, 7) is 10.3. The van der Waals surface area contributed by atoms with Gasteiger partial charge in [-0.1, -0.05) is 29.8 Å². The average molecular weight is 355 g/mol. The fourth-order valence-electron chi connectivity index (χ4n) is 2.40. The lowest BCUT2D eigenvalue weighted by Crippen LogP contribution is -2.19. The molecule has 0 atom stereocenters. The van der Waals surface area contributed by atoms with Crippen molar-refractivity contribution in [2.75, 3.05) is 25.1 Å². The Morgan fingerprint density at radius 3 is 2.54 bits per heavy atom. The van der Waals surface area contributed by atoms with Crippen LogP contribution >= 0.6 is 22.7 Å². The first-order chi connectivity index (χ1) is 11.6. The first-order valence-corrected chi connectivity index (χ1v) is 9.25. The van der Waals surface area contributed by atoms with E-state index < -0.39 is 0 Å². The SMILES string of the molecule is [C-]#[N+]/C(=C\c1cc2sc(N(C)CCO)cc2s1)c1ccc(C)cc1. The molecule has 122 valence electrons. The molecule has 0 bridgehead atoms. The van der Waals surface area contributed by atoms with Gasteiger partial charge in [0.15, 0.2) is 5.70 Å². The van der Waals surface area contributed by atoms with Crippen LogP contribution in [0.1, 0.15) is 16.0 Å². The molecule has 0 aliphatic carbocycles. The summed E-state index contributed by atoms with van der Waals surface area (Å²) in [6.07, 6.45) is 1.96. The molecule has 0 unspecified atom stereocenters. The number of nitrogens with zero attached hydrogens (tertiary/aromatic N) is 2. The fraction of sp³-hybridized carbons (Fsp3) is 0.211. The molecule has 0 spiro atoms. The number of anilines is 1.